The van der Waals surface area contributed by atoms with Crippen LogP contribution in [-0.2, 0) is 22.6 Å². The second-order valence-corrected chi connectivity index (χ2v) is 8.15. The Morgan fingerprint density at radius 2 is 1.71 bits per heavy atom. The standard InChI is InChI=1S/C23H27N5O2S/c1-4-28-20(13-14-21(29)24-18-11-9-16(2)10-12-18)26-27-23(28)31-15-22(30)25-19-8-6-5-7-17(19)3/h5-12H,4,13-15H2,1-3H3,(H,24,29)(H,25,30). The lowest BCUT2D eigenvalue weighted by atomic mass is 10.2. The molecule has 0 radical (unpaired) electrons. The normalized spacial score (nSPS) is 10.7. The van der Waals surface area contributed by atoms with Gasteiger partial charge in [-0.3, -0.25) is 9.59 Å². The number of thioether (sulfide) groups is 1. The minimum atomic E-state index is -0.0935. The summed E-state index contributed by atoms with van der Waals surface area (Å²) in [5.41, 5.74) is 3.75. The molecule has 0 bridgehead atoms. The van der Waals surface area contributed by atoms with Crippen molar-refractivity contribution >= 4 is 35.0 Å². The molecule has 0 atom stereocenters. The van der Waals surface area contributed by atoms with Crippen LogP contribution in [0.3, 0.4) is 0 Å². The zero-order valence-electron chi connectivity index (χ0n) is 18.0. The minimum absolute atomic E-state index is 0.0682. The monoisotopic (exact) mass is 437 g/mol. The topological polar surface area (TPSA) is 88.9 Å². The lowest BCUT2D eigenvalue weighted by Gasteiger charge is -2.09. The van der Waals surface area contributed by atoms with Gasteiger partial charge >= 0.3 is 0 Å². The van der Waals surface area contributed by atoms with E-state index in [4.69, 9.17) is 0 Å². The van der Waals surface area contributed by atoms with E-state index < -0.39 is 0 Å². The Labute approximate surface area is 186 Å². The average Bonchev–Trinajstić information content (AvgIpc) is 3.16. The first-order chi connectivity index (χ1) is 15.0. The molecule has 7 nitrogen and oxygen atoms in total. The summed E-state index contributed by atoms with van der Waals surface area (Å²) in [4.78, 5) is 24.6. The summed E-state index contributed by atoms with van der Waals surface area (Å²) in [6.45, 7) is 6.63. The fourth-order valence-electron chi connectivity index (χ4n) is 3.04. The van der Waals surface area contributed by atoms with Crippen LogP contribution < -0.4 is 10.6 Å². The van der Waals surface area contributed by atoms with Gasteiger partial charge in [-0.1, -0.05) is 47.7 Å². The number of anilines is 2. The van der Waals surface area contributed by atoms with Crippen LogP contribution in [0.15, 0.2) is 53.7 Å². The average molecular weight is 438 g/mol. The Bertz CT molecular complexity index is 1050. The molecule has 1 aromatic heterocycles. The summed E-state index contributed by atoms with van der Waals surface area (Å²) in [6.07, 6.45) is 0.791. The van der Waals surface area contributed by atoms with Gasteiger partial charge in [0.2, 0.25) is 11.8 Å². The maximum absolute atomic E-state index is 12.3. The van der Waals surface area contributed by atoms with Gasteiger partial charge in [0.25, 0.3) is 0 Å². The van der Waals surface area contributed by atoms with Gasteiger partial charge in [-0.2, -0.15) is 0 Å². The van der Waals surface area contributed by atoms with E-state index in [2.05, 4.69) is 20.8 Å². The van der Waals surface area contributed by atoms with Crippen LogP contribution >= 0.6 is 11.8 Å². The summed E-state index contributed by atoms with van der Waals surface area (Å²) in [6, 6.07) is 15.4. The summed E-state index contributed by atoms with van der Waals surface area (Å²) in [5.74, 6) is 0.814. The molecule has 0 spiro atoms. The van der Waals surface area contributed by atoms with Crippen molar-refractivity contribution in [3.05, 3.63) is 65.5 Å². The predicted molar refractivity (Wildman–Crippen MR) is 124 cm³/mol. The molecule has 0 saturated carbocycles. The molecule has 0 aliphatic carbocycles. The smallest absolute Gasteiger partial charge is 0.234 e. The Morgan fingerprint density at radius 1 is 0.968 bits per heavy atom. The van der Waals surface area contributed by atoms with E-state index in [0.29, 0.717) is 24.5 Å². The first-order valence-electron chi connectivity index (χ1n) is 10.2. The lowest BCUT2D eigenvalue weighted by Crippen LogP contribution is -2.16. The summed E-state index contributed by atoms with van der Waals surface area (Å²) < 4.78 is 1.95. The highest BCUT2D eigenvalue weighted by Gasteiger charge is 2.15. The molecular weight excluding hydrogens is 410 g/mol. The van der Waals surface area contributed by atoms with Gasteiger partial charge in [-0.15, -0.1) is 10.2 Å². The van der Waals surface area contributed by atoms with Crippen molar-refractivity contribution in [2.45, 2.75) is 45.3 Å². The summed E-state index contributed by atoms with van der Waals surface area (Å²) >= 11 is 1.34. The van der Waals surface area contributed by atoms with Crippen molar-refractivity contribution < 1.29 is 9.59 Å². The van der Waals surface area contributed by atoms with Crippen molar-refractivity contribution in [2.75, 3.05) is 16.4 Å². The minimum Gasteiger partial charge on any atom is -0.326 e. The molecule has 8 heteroatoms. The number of aryl methyl sites for hydroxylation is 3. The van der Waals surface area contributed by atoms with E-state index in [1.165, 1.54) is 11.8 Å². The van der Waals surface area contributed by atoms with E-state index >= 15 is 0 Å². The number of aromatic nitrogens is 3. The second kappa shape index (κ2) is 10.8. The number of carbonyl (C=O) groups is 2. The van der Waals surface area contributed by atoms with Gasteiger partial charge in [-0.25, -0.2) is 0 Å². The van der Waals surface area contributed by atoms with E-state index in [1.54, 1.807) is 0 Å². The molecule has 3 aromatic rings. The first kappa shape index (κ1) is 22.6. The lowest BCUT2D eigenvalue weighted by molar-refractivity contribution is -0.116. The first-order valence-corrected chi connectivity index (χ1v) is 11.2. The van der Waals surface area contributed by atoms with Gasteiger partial charge in [0, 0.05) is 30.8 Å². The van der Waals surface area contributed by atoms with Gasteiger partial charge in [0.05, 0.1) is 5.75 Å². The van der Waals surface area contributed by atoms with Gasteiger partial charge < -0.3 is 15.2 Å². The largest absolute Gasteiger partial charge is 0.326 e. The molecule has 2 aromatic carbocycles. The van der Waals surface area contributed by atoms with Crippen molar-refractivity contribution in [2.24, 2.45) is 0 Å². The number of hydrogen-bond donors (Lipinski definition) is 2. The van der Waals surface area contributed by atoms with E-state index in [9.17, 15) is 9.59 Å². The quantitative estimate of drug-likeness (QED) is 0.490. The number of rotatable bonds is 9. The molecule has 3 rings (SSSR count). The zero-order chi connectivity index (χ0) is 22.2. The molecule has 0 saturated heterocycles. The molecule has 2 N–H and O–H groups in total. The fraction of sp³-hybridized carbons (Fsp3) is 0.304. The van der Waals surface area contributed by atoms with Crippen molar-refractivity contribution in [1.29, 1.82) is 0 Å². The number of benzene rings is 2. The van der Waals surface area contributed by atoms with Crippen LogP contribution in [0.2, 0.25) is 0 Å². The molecule has 1 heterocycles. The molecule has 0 unspecified atom stereocenters. The number of nitrogens with zero attached hydrogens (tertiary/aromatic N) is 3. The molecule has 162 valence electrons. The molecular formula is C23H27N5O2S. The highest BCUT2D eigenvalue weighted by atomic mass is 32.2. The van der Waals surface area contributed by atoms with E-state index in [0.717, 1.165) is 28.3 Å². The SMILES string of the molecule is CCn1c(CCC(=O)Nc2ccc(C)cc2)nnc1SCC(=O)Nc1ccccc1C. The summed E-state index contributed by atoms with van der Waals surface area (Å²) in [7, 11) is 0. The second-order valence-electron chi connectivity index (χ2n) is 7.21. The molecule has 2 amide bonds. The maximum Gasteiger partial charge on any atom is 0.234 e. The number of nitrogens with one attached hydrogen (secondary N) is 2. The van der Waals surface area contributed by atoms with Gasteiger partial charge in [0.1, 0.15) is 5.82 Å². The van der Waals surface area contributed by atoms with Crippen LogP contribution in [0.25, 0.3) is 0 Å². The summed E-state index contributed by atoms with van der Waals surface area (Å²) in [5, 5.41) is 14.9. The Hall–Kier alpha value is -3.13. The third-order valence-electron chi connectivity index (χ3n) is 4.77. The highest BCUT2D eigenvalue weighted by molar-refractivity contribution is 7.99. The molecule has 0 aliphatic rings. The van der Waals surface area contributed by atoms with Crippen molar-refractivity contribution in [3.8, 4) is 0 Å². The van der Waals surface area contributed by atoms with Crippen LogP contribution in [0.5, 0.6) is 0 Å². The Balaban J connectivity index is 1.52. The highest BCUT2D eigenvalue weighted by Crippen LogP contribution is 2.19. The number of carbonyl (C=O) groups excluding carboxylic acids is 2. The van der Waals surface area contributed by atoms with Gasteiger partial charge in [0.15, 0.2) is 5.16 Å². The fourth-order valence-corrected chi connectivity index (χ4v) is 3.86. The van der Waals surface area contributed by atoms with Crippen LogP contribution in [0, 0.1) is 13.8 Å². The zero-order valence-corrected chi connectivity index (χ0v) is 18.8. The van der Waals surface area contributed by atoms with Crippen LogP contribution in [-0.4, -0.2) is 32.3 Å². The van der Waals surface area contributed by atoms with E-state index in [1.807, 2.05) is 73.9 Å². The van der Waals surface area contributed by atoms with Crippen molar-refractivity contribution in [3.63, 3.8) is 0 Å². The molecule has 31 heavy (non-hydrogen) atoms. The van der Waals surface area contributed by atoms with Crippen molar-refractivity contribution in [1.82, 2.24) is 14.8 Å². The third kappa shape index (κ3) is 6.42. The van der Waals surface area contributed by atoms with Gasteiger partial charge in [-0.05, 0) is 44.5 Å². The molecule has 0 aliphatic heterocycles. The predicted octanol–water partition coefficient (Wildman–Crippen LogP) is 4.22. The third-order valence-corrected chi connectivity index (χ3v) is 5.74. The Morgan fingerprint density at radius 3 is 2.42 bits per heavy atom. The number of amides is 2. The number of para-hydroxylation sites is 1. The molecule has 0 fully saturated rings. The maximum atomic E-state index is 12.3. The number of hydrogen-bond acceptors (Lipinski definition) is 5. The Kier molecular flexibility index (Phi) is 7.83. The van der Waals surface area contributed by atoms with Crippen LogP contribution in [0.4, 0.5) is 11.4 Å². The van der Waals surface area contributed by atoms with E-state index in [-0.39, 0.29) is 17.6 Å². The van der Waals surface area contributed by atoms with Crippen LogP contribution in [0.1, 0.15) is 30.3 Å².